The summed E-state index contributed by atoms with van der Waals surface area (Å²) in [6.07, 6.45) is 2.64. The lowest BCUT2D eigenvalue weighted by Gasteiger charge is -2.30. The Hall–Kier alpha value is -1.10. The van der Waals surface area contributed by atoms with Crippen LogP contribution in [-0.4, -0.2) is 23.2 Å². The monoisotopic (exact) mass is 325 g/mol. The highest BCUT2D eigenvalue weighted by Gasteiger charge is 2.34. The lowest BCUT2D eigenvalue weighted by Crippen LogP contribution is -2.41. The SMILES string of the molecule is CC1(c2nc(Cc3c(Cl)cccc3Cl)no2)CCCNC1. The van der Waals surface area contributed by atoms with Crippen molar-refractivity contribution in [2.75, 3.05) is 13.1 Å². The van der Waals surface area contributed by atoms with Crippen LogP contribution in [0.25, 0.3) is 0 Å². The van der Waals surface area contributed by atoms with E-state index in [9.17, 15) is 0 Å². The molecule has 0 amide bonds. The van der Waals surface area contributed by atoms with Gasteiger partial charge in [-0.3, -0.25) is 0 Å². The Balaban J connectivity index is 1.82. The molecule has 2 aromatic rings. The molecule has 1 aromatic heterocycles. The van der Waals surface area contributed by atoms with Crippen molar-refractivity contribution in [1.82, 2.24) is 15.5 Å². The molecule has 1 saturated heterocycles. The number of piperidine rings is 1. The number of nitrogens with zero attached hydrogens (tertiary/aromatic N) is 2. The fourth-order valence-electron chi connectivity index (χ4n) is 2.67. The molecule has 4 nitrogen and oxygen atoms in total. The first-order valence-corrected chi connectivity index (χ1v) is 7.81. The van der Waals surface area contributed by atoms with E-state index in [2.05, 4.69) is 22.4 Å². The van der Waals surface area contributed by atoms with E-state index in [0.717, 1.165) is 31.5 Å². The van der Waals surface area contributed by atoms with Crippen molar-refractivity contribution in [3.8, 4) is 0 Å². The summed E-state index contributed by atoms with van der Waals surface area (Å²) < 4.78 is 5.47. The number of nitrogens with one attached hydrogen (secondary N) is 1. The normalized spacial score (nSPS) is 22.4. The summed E-state index contributed by atoms with van der Waals surface area (Å²) in [7, 11) is 0. The van der Waals surface area contributed by atoms with Gasteiger partial charge in [0.1, 0.15) is 0 Å². The second-order valence-corrected chi connectivity index (χ2v) is 6.55. The van der Waals surface area contributed by atoms with E-state index < -0.39 is 0 Å². The Kier molecular flexibility index (Phi) is 4.20. The molecule has 0 radical (unpaired) electrons. The molecule has 1 aromatic carbocycles. The summed E-state index contributed by atoms with van der Waals surface area (Å²) in [4.78, 5) is 4.55. The van der Waals surface area contributed by atoms with E-state index in [1.54, 1.807) is 0 Å². The number of hydrogen-bond acceptors (Lipinski definition) is 4. The Morgan fingerprint density at radius 2 is 2.10 bits per heavy atom. The van der Waals surface area contributed by atoms with Gasteiger partial charge < -0.3 is 9.84 Å². The van der Waals surface area contributed by atoms with Crippen LogP contribution in [0.3, 0.4) is 0 Å². The van der Waals surface area contributed by atoms with Gasteiger partial charge in [0.2, 0.25) is 5.89 Å². The average molecular weight is 326 g/mol. The molecule has 6 heteroatoms. The number of aromatic nitrogens is 2. The number of benzene rings is 1. The predicted octanol–water partition coefficient (Wildman–Crippen LogP) is 3.61. The maximum absolute atomic E-state index is 6.18. The number of hydrogen-bond donors (Lipinski definition) is 1. The van der Waals surface area contributed by atoms with E-state index in [0.29, 0.717) is 28.2 Å². The molecule has 3 rings (SSSR count). The molecule has 1 atom stereocenters. The first kappa shape index (κ1) is 14.8. The Morgan fingerprint density at radius 3 is 2.76 bits per heavy atom. The van der Waals surface area contributed by atoms with Crippen molar-refractivity contribution in [1.29, 1.82) is 0 Å². The largest absolute Gasteiger partial charge is 0.339 e. The summed E-state index contributed by atoms with van der Waals surface area (Å²) in [6.45, 7) is 4.06. The van der Waals surface area contributed by atoms with Crippen LogP contribution in [0.1, 0.15) is 37.0 Å². The van der Waals surface area contributed by atoms with Crippen LogP contribution in [-0.2, 0) is 11.8 Å². The zero-order valence-electron chi connectivity index (χ0n) is 11.8. The molecule has 1 N–H and O–H groups in total. The van der Waals surface area contributed by atoms with Gasteiger partial charge in [-0.1, -0.05) is 34.4 Å². The van der Waals surface area contributed by atoms with Crippen molar-refractivity contribution in [2.24, 2.45) is 0 Å². The lowest BCUT2D eigenvalue weighted by atomic mass is 9.83. The summed E-state index contributed by atoms with van der Waals surface area (Å²) in [5, 5.41) is 8.71. The molecule has 1 unspecified atom stereocenters. The van der Waals surface area contributed by atoms with Crippen molar-refractivity contribution >= 4 is 23.2 Å². The first-order chi connectivity index (χ1) is 10.1. The minimum Gasteiger partial charge on any atom is -0.339 e. The van der Waals surface area contributed by atoms with Gasteiger partial charge >= 0.3 is 0 Å². The van der Waals surface area contributed by atoms with Gasteiger partial charge in [0.05, 0.1) is 5.41 Å². The molecule has 0 aliphatic carbocycles. The van der Waals surface area contributed by atoms with Crippen LogP contribution in [0.2, 0.25) is 10.0 Å². The molecule has 0 bridgehead atoms. The van der Waals surface area contributed by atoms with Crippen molar-refractivity contribution in [3.05, 3.63) is 45.5 Å². The van der Waals surface area contributed by atoms with Crippen molar-refractivity contribution in [2.45, 2.75) is 31.6 Å². The van der Waals surface area contributed by atoms with E-state index in [1.807, 2.05) is 18.2 Å². The van der Waals surface area contributed by atoms with Crippen LogP contribution in [0, 0.1) is 0 Å². The molecular formula is C15H17Cl2N3O. The zero-order valence-corrected chi connectivity index (χ0v) is 13.3. The quantitative estimate of drug-likeness (QED) is 0.936. The van der Waals surface area contributed by atoms with Crippen molar-refractivity contribution in [3.63, 3.8) is 0 Å². The molecule has 0 saturated carbocycles. The van der Waals surface area contributed by atoms with Gasteiger partial charge in [0.25, 0.3) is 0 Å². The highest BCUT2D eigenvalue weighted by molar-refractivity contribution is 6.36. The van der Waals surface area contributed by atoms with E-state index in [4.69, 9.17) is 27.7 Å². The van der Waals surface area contributed by atoms with Crippen LogP contribution in [0.4, 0.5) is 0 Å². The maximum atomic E-state index is 6.18. The molecule has 1 aliphatic heterocycles. The summed E-state index contributed by atoms with van der Waals surface area (Å²) in [5.74, 6) is 1.31. The standard InChI is InChI=1S/C15H17Cl2N3O/c1-15(6-3-7-18-9-15)14-19-13(20-21-14)8-10-11(16)4-2-5-12(10)17/h2,4-5,18H,3,6-9H2,1H3. The second kappa shape index (κ2) is 5.95. The fraction of sp³-hybridized carbons (Fsp3) is 0.467. The minimum atomic E-state index is -0.0895. The smallest absolute Gasteiger partial charge is 0.233 e. The number of rotatable bonds is 3. The highest BCUT2D eigenvalue weighted by Crippen LogP contribution is 2.30. The first-order valence-electron chi connectivity index (χ1n) is 7.05. The molecule has 1 aliphatic rings. The summed E-state index contributed by atoms with van der Waals surface area (Å²) in [5.41, 5.74) is 0.744. The molecule has 0 spiro atoms. The lowest BCUT2D eigenvalue weighted by molar-refractivity contribution is 0.245. The fourth-order valence-corrected chi connectivity index (χ4v) is 3.20. The maximum Gasteiger partial charge on any atom is 0.233 e. The third-order valence-electron chi connectivity index (χ3n) is 3.98. The molecular weight excluding hydrogens is 309 g/mol. The molecule has 112 valence electrons. The van der Waals surface area contributed by atoms with Gasteiger partial charge in [-0.25, -0.2) is 0 Å². The molecule has 1 fully saturated rings. The van der Waals surface area contributed by atoms with Crippen LogP contribution >= 0.6 is 23.2 Å². The van der Waals surface area contributed by atoms with Crippen LogP contribution in [0.15, 0.2) is 22.7 Å². The van der Waals surface area contributed by atoms with Gasteiger partial charge in [-0.05, 0) is 44.0 Å². The third-order valence-corrected chi connectivity index (χ3v) is 4.69. The number of halogens is 2. The van der Waals surface area contributed by atoms with Gasteiger partial charge in [-0.15, -0.1) is 0 Å². The topological polar surface area (TPSA) is 51.0 Å². The van der Waals surface area contributed by atoms with E-state index in [-0.39, 0.29) is 5.41 Å². The molecule has 21 heavy (non-hydrogen) atoms. The van der Waals surface area contributed by atoms with Gasteiger partial charge in [-0.2, -0.15) is 4.98 Å². The molecule has 2 heterocycles. The highest BCUT2D eigenvalue weighted by atomic mass is 35.5. The van der Waals surface area contributed by atoms with Crippen LogP contribution < -0.4 is 5.32 Å². The zero-order chi connectivity index (χ0) is 14.9. The van der Waals surface area contributed by atoms with E-state index in [1.165, 1.54) is 0 Å². The predicted molar refractivity (Wildman–Crippen MR) is 83.0 cm³/mol. The third kappa shape index (κ3) is 3.07. The van der Waals surface area contributed by atoms with Crippen molar-refractivity contribution < 1.29 is 4.52 Å². The Bertz CT molecular complexity index is 615. The average Bonchev–Trinajstić information content (AvgIpc) is 2.93. The Labute approximate surface area is 133 Å². The van der Waals surface area contributed by atoms with Crippen LogP contribution in [0.5, 0.6) is 0 Å². The minimum absolute atomic E-state index is 0.0895. The summed E-state index contributed by atoms with van der Waals surface area (Å²) in [6, 6.07) is 5.46. The van der Waals surface area contributed by atoms with Gasteiger partial charge in [0, 0.05) is 23.0 Å². The van der Waals surface area contributed by atoms with Gasteiger partial charge in [0.15, 0.2) is 5.82 Å². The second-order valence-electron chi connectivity index (χ2n) is 5.73. The summed E-state index contributed by atoms with van der Waals surface area (Å²) >= 11 is 12.4. The van der Waals surface area contributed by atoms with E-state index >= 15 is 0 Å². The Morgan fingerprint density at radius 1 is 1.33 bits per heavy atom.